The van der Waals surface area contributed by atoms with Crippen molar-refractivity contribution in [3.8, 4) is 0 Å². The van der Waals surface area contributed by atoms with E-state index in [1.54, 1.807) is 0 Å². The molecule has 0 heterocycles. The van der Waals surface area contributed by atoms with Crippen LogP contribution in [-0.4, -0.2) is 41.6 Å². The lowest BCUT2D eigenvalue weighted by molar-refractivity contribution is -0.115. The number of carbonyl (C=O) groups excluding carboxylic acids is 2. The van der Waals surface area contributed by atoms with Crippen molar-refractivity contribution < 1.29 is 18.6 Å². The predicted octanol–water partition coefficient (Wildman–Crippen LogP) is 2.91. The summed E-state index contributed by atoms with van der Waals surface area (Å²) in [4.78, 5) is 23.8. The van der Waals surface area contributed by atoms with Gasteiger partial charge in [-0.2, -0.15) is 0 Å². The van der Waals surface area contributed by atoms with E-state index in [1.165, 1.54) is 26.0 Å². The van der Waals surface area contributed by atoms with Gasteiger partial charge in [-0.25, -0.2) is 0 Å². The summed E-state index contributed by atoms with van der Waals surface area (Å²) < 4.78 is 10.4. The molecule has 0 fully saturated rings. The molecule has 0 N–H and O–H groups in total. The van der Waals surface area contributed by atoms with Crippen LogP contribution in [0.4, 0.5) is 0 Å². The summed E-state index contributed by atoms with van der Waals surface area (Å²) in [6, 6.07) is 0. The maximum atomic E-state index is 12.1. The fourth-order valence-electron chi connectivity index (χ4n) is 1.27. The normalized spacial score (nSPS) is 13.3. The van der Waals surface area contributed by atoms with Gasteiger partial charge in [-0.3, -0.25) is 9.59 Å². The van der Waals surface area contributed by atoms with E-state index in [4.69, 9.17) is 20.9 Å². The van der Waals surface area contributed by atoms with Crippen LogP contribution in [0.2, 0.25) is 0 Å². The molecule has 4 nitrogen and oxygen atoms in total. The molecule has 18 heavy (non-hydrogen) atoms. The second kappa shape index (κ2) is 9.50. The highest BCUT2D eigenvalue weighted by Crippen LogP contribution is 2.54. The van der Waals surface area contributed by atoms with Gasteiger partial charge in [0.15, 0.2) is 11.6 Å². The van der Waals surface area contributed by atoms with Gasteiger partial charge < -0.3 is 9.05 Å². The van der Waals surface area contributed by atoms with E-state index in [-0.39, 0.29) is 16.7 Å². The second-order valence-electron chi connectivity index (χ2n) is 3.18. The lowest BCUT2D eigenvalue weighted by atomic mass is 10.3. The van der Waals surface area contributed by atoms with Crippen molar-refractivity contribution in [2.75, 3.05) is 25.7 Å². The maximum Gasteiger partial charge on any atom is 0.202 e. The van der Waals surface area contributed by atoms with Gasteiger partial charge in [-0.05, 0) is 23.3 Å². The van der Waals surface area contributed by atoms with Gasteiger partial charge in [0.1, 0.15) is 5.66 Å². The topological polar surface area (TPSA) is 52.6 Å². The number of hydrogen-bond acceptors (Lipinski definition) is 7. The molecule has 0 saturated heterocycles. The summed E-state index contributed by atoms with van der Waals surface area (Å²) in [6.07, 6.45) is 0.0866. The lowest BCUT2D eigenvalue weighted by Gasteiger charge is -2.25. The third-order valence-corrected chi connectivity index (χ3v) is 7.78. The lowest BCUT2D eigenvalue weighted by Crippen LogP contribution is -2.23. The molecule has 0 aliphatic rings. The van der Waals surface area contributed by atoms with Crippen LogP contribution in [0.5, 0.6) is 0 Å². The second-order valence-corrected chi connectivity index (χ2v) is 9.73. The van der Waals surface area contributed by atoms with E-state index in [0.717, 1.165) is 11.8 Å². The first-order valence-electron chi connectivity index (χ1n) is 5.48. The minimum atomic E-state index is -2.73. The first-order valence-corrected chi connectivity index (χ1v) is 10.2. The summed E-state index contributed by atoms with van der Waals surface area (Å²) in [5.41, 5.74) is -0.654. The average Bonchev–Trinajstić information content (AvgIpc) is 2.35. The summed E-state index contributed by atoms with van der Waals surface area (Å²) in [6.45, 7) is 1.05. The van der Waals surface area contributed by atoms with Crippen molar-refractivity contribution in [1.29, 1.82) is 0 Å². The highest BCUT2D eigenvalue weighted by atomic mass is 32.5. The first-order chi connectivity index (χ1) is 8.45. The molecule has 0 rings (SSSR count). The zero-order valence-corrected chi connectivity index (χ0v) is 14.3. The molecule has 1 atom stereocenters. The van der Waals surface area contributed by atoms with Crippen molar-refractivity contribution >= 4 is 52.1 Å². The molecule has 0 aromatic carbocycles. The average molecular weight is 330 g/mol. The standard InChI is InChI=1S/C10H19O4PS3/c1-5-17-9(11)7-8(10(12)18-6-2)15(16,13-3)14-4/h8H,5-7H2,1-4H3. The maximum absolute atomic E-state index is 12.1. The van der Waals surface area contributed by atoms with Crippen molar-refractivity contribution in [1.82, 2.24) is 0 Å². The SMILES string of the molecule is CCSC(=O)CC(C(=O)SCC)P(=S)(OC)OC. The fourth-order valence-corrected chi connectivity index (χ4v) is 5.22. The van der Waals surface area contributed by atoms with Gasteiger partial charge in [0.05, 0.1) is 0 Å². The molecule has 8 heteroatoms. The van der Waals surface area contributed by atoms with E-state index >= 15 is 0 Å². The molecule has 0 bridgehead atoms. The van der Waals surface area contributed by atoms with Crippen molar-refractivity contribution in [3.05, 3.63) is 0 Å². The third-order valence-electron chi connectivity index (χ3n) is 2.11. The molecular weight excluding hydrogens is 311 g/mol. The third kappa shape index (κ3) is 5.72. The minimum Gasteiger partial charge on any atom is -0.332 e. The van der Waals surface area contributed by atoms with Crippen LogP contribution in [0, 0.1) is 0 Å². The molecule has 0 amide bonds. The zero-order chi connectivity index (χ0) is 14.2. The highest BCUT2D eigenvalue weighted by molar-refractivity contribution is 8.17. The molecule has 0 aromatic heterocycles. The predicted molar refractivity (Wildman–Crippen MR) is 83.0 cm³/mol. The quantitative estimate of drug-likeness (QED) is 0.634. The number of thioether (sulfide) groups is 2. The van der Waals surface area contributed by atoms with Gasteiger partial charge in [0.25, 0.3) is 0 Å². The van der Waals surface area contributed by atoms with Crippen molar-refractivity contribution in [3.63, 3.8) is 0 Å². The van der Waals surface area contributed by atoms with Crippen LogP contribution < -0.4 is 0 Å². The van der Waals surface area contributed by atoms with Crippen LogP contribution in [0.15, 0.2) is 0 Å². The van der Waals surface area contributed by atoms with Gasteiger partial charge in [0, 0.05) is 20.6 Å². The van der Waals surface area contributed by atoms with Crippen LogP contribution in [-0.2, 0) is 30.4 Å². The van der Waals surface area contributed by atoms with E-state index in [2.05, 4.69) is 0 Å². The zero-order valence-electron chi connectivity index (χ0n) is 11.0. The fraction of sp³-hybridized carbons (Fsp3) is 0.800. The molecule has 0 aliphatic carbocycles. The number of hydrogen-bond donors (Lipinski definition) is 0. The Labute approximate surface area is 122 Å². The summed E-state index contributed by atoms with van der Waals surface area (Å²) in [7, 11) is 2.86. The Morgan fingerprint density at radius 1 is 1.17 bits per heavy atom. The Balaban J connectivity index is 4.99. The smallest absolute Gasteiger partial charge is 0.202 e. The Hall–Kier alpha value is 0.610. The van der Waals surface area contributed by atoms with Crippen LogP contribution in [0.1, 0.15) is 20.3 Å². The van der Waals surface area contributed by atoms with Gasteiger partial charge in [-0.1, -0.05) is 37.4 Å². The van der Waals surface area contributed by atoms with E-state index < -0.39 is 12.2 Å². The van der Waals surface area contributed by atoms with Crippen molar-refractivity contribution in [2.24, 2.45) is 0 Å². The molecule has 0 saturated carbocycles. The highest BCUT2D eigenvalue weighted by Gasteiger charge is 2.36. The van der Waals surface area contributed by atoms with Crippen LogP contribution in [0.3, 0.4) is 0 Å². The Bertz CT molecular complexity index is 327. The summed E-state index contributed by atoms with van der Waals surface area (Å²) >= 11 is 7.64. The molecule has 0 aromatic rings. The Morgan fingerprint density at radius 3 is 2.06 bits per heavy atom. The van der Waals surface area contributed by atoms with Gasteiger partial charge in [-0.15, -0.1) is 0 Å². The molecule has 0 spiro atoms. The molecule has 0 radical (unpaired) electrons. The minimum absolute atomic E-state index is 0.0455. The molecule has 1 unspecified atom stereocenters. The van der Waals surface area contributed by atoms with Crippen molar-refractivity contribution in [2.45, 2.75) is 25.9 Å². The van der Waals surface area contributed by atoms with E-state index in [0.29, 0.717) is 11.5 Å². The Kier molecular flexibility index (Phi) is 9.83. The van der Waals surface area contributed by atoms with Gasteiger partial charge in [0.2, 0.25) is 5.12 Å². The molecule has 106 valence electrons. The van der Waals surface area contributed by atoms with E-state index in [9.17, 15) is 9.59 Å². The van der Waals surface area contributed by atoms with Gasteiger partial charge >= 0.3 is 0 Å². The largest absolute Gasteiger partial charge is 0.332 e. The van der Waals surface area contributed by atoms with E-state index in [1.807, 2.05) is 13.8 Å². The van der Waals surface area contributed by atoms with Crippen LogP contribution >= 0.6 is 30.0 Å². The monoisotopic (exact) mass is 330 g/mol. The molecular formula is C10H19O4PS3. The molecule has 0 aliphatic heterocycles. The number of rotatable bonds is 8. The Morgan fingerprint density at radius 2 is 1.67 bits per heavy atom. The number of carbonyl (C=O) groups is 2. The summed E-state index contributed by atoms with van der Waals surface area (Å²) in [5.74, 6) is 1.33. The van der Waals surface area contributed by atoms with Crippen LogP contribution in [0.25, 0.3) is 0 Å². The summed E-state index contributed by atoms with van der Waals surface area (Å²) in [5, 5.41) is -0.162. The first kappa shape index (κ1) is 18.6.